The Kier molecular flexibility index (Phi) is 3.97. The second-order valence-electron chi connectivity index (χ2n) is 6.45. The summed E-state index contributed by atoms with van der Waals surface area (Å²) in [5, 5.41) is 3.29. The van der Waals surface area contributed by atoms with E-state index in [1.54, 1.807) is 17.8 Å². The summed E-state index contributed by atoms with van der Waals surface area (Å²) in [6, 6.07) is 11.9. The minimum absolute atomic E-state index is 0.0141. The summed E-state index contributed by atoms with van der Waals surface area (Å²) in [5.41, 5.74) is 2.24. The molecule has 0 aliphatic carbocycles. The molecule has 1 aliphatic rings. The summed E-state index contributed by atoms with van der Waals surface area (Å²) in [6.45, 7) is 1.69. The van der Waals surface area contributed by atoms with E-state index >= 15 is 0 Å². The molecule has 0 atom stereocenters. The lowest BCUT2D eigenvalue weighted by Gasteiger charge is -2.26. The van der Waals surface area contributed by atoms with Gasteiger partial charge in [-0.05, 0) is 37.6 Å². The molecule has 4 rings (SSSR count). The Morgan fingerprint density at radius 1 is 1.04 bits per heavy atom. The van der Waals surface area contributed by atoms with Gasteiger partial charge in [0, 0.05) is 24.8 Å². The van der Waals surface area contributed by atoms with Crippen molar-refractivity contribution in [2.24, 2.45) is 7.05 Å². The summed E-state index contributed by atoms with van der Waals surface area (Å²) in [4.78, 5) is 29.7. The summed E-state index contributed by atoms with van der Waals surface area (Å²) >= 11 is 0. The lowest BCUT2D eigenvalue weighted by atomic mass is 10.1. The Balaban J connectivity index is 1.97. The molecule has 2 aromatic heterocycles. The van der Waals surface area contributed by atoms with Crippen molar-refractivity contribution in [1.29, 1.82) is 0 Å². The van der Waals surface area contributed by atoms with E-state index in [0.29, 0.717) is 11.2 Å². The van der Waals surface area contributed by atoms with Crippen molar-refractivity contribution in [1.82, 2.24) is 19.4 Å². The molecule has 25 heavy (non-hydrogen) atoms. The molecule has 0 saturated carbocycles. The van der Waals surface area contributed by atoms with Crippen LogP contribution in [0, 0.1) is 0 Å². The fraction of sp³-hybridized carbons (Fsp3) is 0.316. The Morgan fingerprint density at radius 3 is 2.48 bits per heavy atom. The molecule has 6 nitrogen and oxygen atoms in total. The standard InChI is InChI=1S/C19H20N4O2/c1-22-16-11-14(13-5-3-2-4-6-13)12-21-17(16)23(19(25)18(22)24)15-7-9-20-10-8-15/h2-6,11-12,15,20H,7-10H2,1H3. The first-order valence-electron chi connectivity index (χ1n) is 8.54. The van der Waals surface area contributed by atoms with Crippen molar-refractivity contribution in [2.75, 3.05) is 13.1 Å². The monoisotopic (exact) mass is 336 g/mol. The van der Waals surface area contributed by atoms with Gasteiger partial charge in [0.05, 0.1) is 5.52 Å². The lowest BCUT2D eigenvalue weighted by Crippen LogP contribution is -2.44. The molecule has 0 amide bonds. The highest BCUT2D eigenvalue weighted by Crippen LogP contribution is 2.24. The summed E-state index contributed by atoms with van der Waals surface area (Å²) in [7, 11) is 1.63. The van der Waals surface area contributed by atoms with Gasteiger partial charge in [-0.15, -0.1) is 0 Å². The van der Waals surface area contributed by atoms with Gasteiger partial charge in [0.2, 0.25) is 0 Å². The molecule has 3 aromatic rings. The number of piperidine rings is 1. The summed E-state index contributed by atoms with van der Waals surface area (Å²) in [5.74, 6) is 0. The molecule has 1 saturated heterocycles. The van der Waals surface area contributed by atoms with E-state index in [4.69, 9.17) is 0 Å². The number of rotatable bonds is 2. The summed E-state index contributed by atoms with van der Waals surface area (Å²) < 4.78 is 3.02. The molecular formula is C19H20N4O2. The van der Waals surface area contributed by atoms with Gasteiger partial charge in [-0.2, -0.15) is 0 Å². The normalized spacial score (nSPS) is 15.6. The molecule has 1 fully saturated rings. The van der Waals surface area contributed by atoms with Gasteiger partial charge >= 0.3 is 11.1 Å². The third kappa shape index (κ3) is 2.68. The highest BCUT2D eigenvalue weighted by atomic mass is 16.2. The lowest BCUT2D eigenvalue weighted by molar-refractivity contribution is 0.365. The average Bonchev–Trinajstić information content (AvgIpc) is 2.68. The van der Waals surface area contributed by atoms with Crippen LogP contribution in [-0.4, -0.2) is 27.2 Å². The first kappa shape index (κ1) is 15.8. The summed E-state index contributed by atoms with van der Waals surface area (Å²) in [6.07, 6.45) is 3.42. The Bertz CT molecular complexity index is 1030. The molecule has 6 heteroatoms. The molecule has 1 aliphatic heterocycles. The number of aromatic nitrogens is 3. The van der Waals surface area contributed by atoms with Crippen molar-refractivity contribution in [3.05, 3.63) is 63.3 Å². The molecule has 1 aromatic carbocycles. The van der Waals surface area contributed by atoms with Gasteiger partial charge in [-0.1, -0.05) is 30.3 Å². The van der Waals surface area contributed by atoms with Crippen LogP contribution in [-0.2, 0) is 7.05 Å². The Labute approximate surface area is 144 Å². The third-order valence-corrected chi connectivity index (χ3v) is 4.92. The fourth-order valence-electron chi connectivity index (χ4n) is 3.52. The predicted molar refractivity (Wildman–Crippen MR) is 97.8 cm³/mol. The largest absolute Gasteiger partial charge is 0.318 e. The van der Waals surface area contributed by atoms with Crippen LogP contribution in [0.5, 0.6) is 0 Å². The van der Waals surface area contributed by atoms with Gasteiger partial charge in [-0.25, -0.2) is 4.98 Å². The van der Waals surface area contributed by atoms with Crippen LogP contribution in [0.2, 0.25) is 0 Å². The van der Waals surface area contributed by atoms with Crippen molar-refractivity contribution < 1.29 is 0 Å². The van der Waals surface area contributed by atoms with Crippen LogP contribution in [0.25, 0.3) is 22.3 Å². The number of hydrogen-bond acceptors (Lipinski definition) is 4. The number of aryl methyl sites for hydroxylation is 1. The van der Waals surface area contributed by atoms with Crippen molar-refractivity contribution in [2.45, 2.75) is 18.9 Å². The fourth-order valence-corrected chi connectivity index (χ4v) is 3.52. The molecule has 1 N–H and O–H groups in total. The van der Waals surface area contributed by atoms with Gasteiger partial charge in [0.25, 0.3) is 0 Å². The van der Waals surface area contributed by atoms with Gasteiger partial charge in [0.1, 0.15) is 0 Å². The zero-order chi connectivity index (χ0) is 17.4. The molecule has 0 unspecified atom stereocenters. The molecule has 3 heterocycles. The highest BCUT2D eigenvalue weighted by molar-refractivity contribution is 5.78. The average molecular weight is 336 g/mol. The topological polar surface area (TPSA) is 68.9 Å². The van der Waals surface area contributed by atoms with Crippen LogP contribution in [0.1, 0.15) is 18.9 Å². The van der Waals surface area contributed by atoms with Crippen LogP contribution < -0.4 is 16.4 Å². The number of nitrogens with one attached hydrogen (secondary N) is 1. The van der Waals surface area contributed by atoms with Gasteiger partial charge in [-0.3, -0.25) is 14.2 Å². The maximum absolute atomic E-state index is 12.6. The number of fused-ring (bicyclic) bond motifs is 1. The first-order valence-corrected chi connectivity index (χ1v) is 8.54. The van der Waals surface area contributed by atoms with Crippen molar-refractivity contribution in [3.63, 3.8) is 0 Å². The number of pyridine rings is 1. The van der Waals surface area contributed by atoms with Crippen LogP contribution in [0.15, 0.2) is 52.2 Å². The maximum Gasteiger partial charge on any atom is 0.318 e. The Hall–Kier alpha value is -2.73. The zero-order valence-corrected chi connectivity index (χ0v) is 14.1. The minimum atomic E-state index is -0.502. The first-order chi connectivity index (χ1) is 12.2. The van der Waals surface area contributed by atoms with E-state index in [-0.39, 0.29) is 6.04 Å². The minimum Gasteiger partial charge on any atom is -0.317 e. The maximum atomic E-state index is 12.6. The van der Waals surface area contributed by atoms with Crippen LogP contribution >= 0.6 is 0 Å². The molecular weight excluding hydrogens is 316 g/mol. The quantitative estimate of drug-likeness (QED) is 0.723. The van der Waals surface area contributed by atoms with Crippen LogP contribution in [0.3, 0.4) is 0 Å². The van der Waals surface area contributed by atoms with E-state index in [2.05, 4.69) is 10.3 Å². The van der Waals surface area contributed by atoms with E-state index in [9.17, 15) is 9.59 Å². The number of benzene rings is 1. The van der Waals surface area contributed by atoms with E-state index in [1.807, 2.05) is 36.4 Å². The van der Waals surface area contributed by atoms with Crippen LogP contribution in [0.4, 0.5) is 0 Å². The zero-order valence-electron chi connectivity index (χ0n) is 14.1. The van der Waals surface area contributed by atoms with Crippen molar-refractivity contribution >= 4 is 11.2 Å². The predicted octanol–water partition coefficient (Wildman–Crippen LogP) is 1.69. The molecule has 0 radical (unpaired) electrons. The SMILES string of the molecule is Cn1c(=O)c(=O)n(C2CCNCC2)c2ncc(-c3ccccc3)cc21. The van der Waals surface area contributed by atoms with Gasteiger partial charge < -0.3 is 9.88 Å². The highest BCUT2D eigenvalue weighted by Gasteiger charge is 2.22. The number of nitrogens with zero attached hydrogens (tertiary/aromatic N) is 3. The Morgan fingerprint density at radius 2 is 1.76 bits per heavy atom. The van der Waals surface area contributed by atoms with E-state index < -0.39 is 11.1 Å². The van der Waals surface area contributed by atoms with E-state index in [1.165, 1.54) is 4.57 Å². The molecule has 0 bridgehead atoms. The number of hydrogen-bond donors (Lipinski definition) is 1. The smallest absolute Gasteiger partial charge is 0.317 e. The third-order valence-electron chi connectivity index (χ3n) is 4.92. The second-order valence-corrected chi connectivity index (χ2v) is 6.45. The van der Waals surface area contributed by atoms with Crippen molar-refractivity contribution in [3.8, 4) is 11.1 Å². The van der Waals surface area contributed by atoms with Gasteiger partial charge in [0.15, 0.2) is 5.65 Å². The molecule has 0 spiro atoms. The second kappa shape index (κ2) is 6.29. The molecule has 128 valence electrons. The van der Waals surface area contributed by atoms with E-state index in [0.717, 1.165) is 37.1 Å².